The standard InChI is InChI=1S/C20H21F6N3O3S.C3H8O/c1-13-12-28(17-7-8-27-11-16(17)19(21,22)23)9-10-29(13)33(31,32)15-5-3-14(4-6-15)18(2,30)20(24,25)26;1-3(2)4/h3-8,11,13,30H,9-10,12H2,1-2H3;3-4H,1-2H3/t13-,18?;/m1./s1. The van der Waals surface area contributed by atoms with Gasteiger partial charge >= 0.3 is 12.4 Å². The summed E-state index contributed by atoms with van der Waals surface area (Å²) in [5.74, 6) is 0. The van der Waals surface area contributed by atoms with E-state index in [1.54, 1.807) is 13.8 Å². The third kappa shape index (κ3) is 7.12. The second-order valence-corrected chi connectivity index (χ2v) is 10.9. The SMILES string of the molecule is CC(C)O.C[C@@H]1CN(c2ccncc2C(F)(F)F)CCN1S(=O)(=O)c1ccc(C(C)(O)C(F)(F)F)cc1. The molecule has 2 atom stereocenters. The number of aliphatic hydroxyl groups is 2. The molecule has 1 aliphatic rings. The zero-order valence-electron chi connectivity index (χ0n) is 20.5. The molecule has 7 nitrogen and oxygen atoms in total. The van der Waals surface area contributed by atoms with Gasteiger partial charge < -0.3 is 15.1 Å². The molecule has 3 rings (SSSR count). The molecule has 1 saturated heterocycles. The predicted octanol–water partition coefficient (Wildman–Crippen LogP) is 4.16. The van der Waals surface area contributed by atoms with E-state index >= 15 is 0 Å². The normalized spacial score (nSPS) is 19.3. The molecular formula is C23H29F6N3O4S. The molecular weight excluding hydrogens is 528 g/mol. The van der Waals surface area contributed by atoms with Crippen molar-refractivity contribution in [3.63, 3.8) is 0 Å². The Morgan fingerprint density at radius 2 is 1.57 bits per heavy atom. The van der Waals surface area contributed by atoms with Gasteiger partial charge in [-0.3, -0.25) is 4.98 Å². The van der Waals surface area contributed by atoms with E-state index in [0.717, 1.165) is 28.6 Å². The maximum atomic E-state index is 13.3. The number of anilines is 1. The van der Waals surface area contributed by atoms with Crippen molar-refractivity contribution in [2.45, 2.75) is 62.7 Å². The minimum Gasteiger partial charge on any atom is -0.394 e. The number of nitrogens with zero attached hydrogens (tertiary/aromatic N) is 3. The Hall–Kier alpha value is -2.42. The molecule has 1 aromatic heterocycles. The van der Waals surface area contributed by atoms with E-state index in [1.807, 2.05) is 0 Å². The molecule has 0 radical (unpaired) electrons. The van der Waals surface area contributed by atoms with E-state index in [9.17, 15) is 39.9 Å². The van der Waals surface area contributed by atoms with Crippen molar-refractivity contribution >= 4 is 15.7 Å². The van der Waals surface area contributed by atoms with Crippen molar-refractivity contribution in [2.24, 2.45) is 0 Å². The summed E-state index contributed by atoms with van der Waals surface area (Å²) in [5, 5.41) is 17.8. The minimum atomic E-state index is -4.96. The maximum Gasteiger partial charge on any atom is 0.421 e. The van der Waals surface area contributed by atoms with Crippen LogP contribution in [0.1, 0.15) is 38.8 Å². The van der Waals surface area contributed by atoms with Crippen LogP contribution >= 0.6 is 0 Å². The quantitative estimate of drug-likeness (QED) is 0.549. The average molecular weight is 558 g/mol. The largest absolute Gasteiger partial charge is 0.421 e. The third-order valence-electron chi connectivity index (χ3n) is 5.59. The molecule has 208 valence electrons. The highest BCUT2D eigenvalue weighted by atomic mass is 32.2. The molecule has 0 amide bonds. The van der Waals surface area contributed by atoms with Crippen LogP contribution in [0.15, 0.2) is 47.6 Å². The minimum absolute atomic E-state index is 0.0302. The predicted molar refractivity (Wildman–Crippen MR) is 124 cm³/mol. The van der Waals surface area contributed by atoms with E-state index < -0.39 is 45.1 Å². The molecule has 0 aliphatic carbocycles. The van der Waals surface area contributed by atoms with Crippen LogP contribution in [0.25, 0.3) is 0 Å². The third-order valence-corrected chi connectivity index (χ3v) is 7.61. The molecule has 37 heavy (non-hydrogen) atoms. The number of rotatable bonds is 4. The van der Waals surface area contributed by atoms with Crippen LogP contribution in [-0.2, 0) is 21.8 Å². The highest BCUT2D eigenvalue weighted by molar-refractivity contribution is 7.89. The Kier molecular flexibility index (Phi) is 9.27. The number of benzene rings is 1. The van der Waals surface area contributed by atoms with Gasteiger partial charge in [0.1, 0.15) is 0 Å². The molecule has 14 heteroatoms. The van der Waals surface area contributed by atoms with Gasteiger partial charge in [-0.1, -0.05) is 12.1 Å². The number of aliphatic hydroxyl groups excluding tert-OH is 1. The van der Waals surface area contributed by atoms with E-state index in [2.05, 4.69) is 4.98 Å². The highest BCUT2D eigenvalue weighted by Gasteiger charge is 2.51. The lowest BCUT2D eigenvalue weighted by atomic mass is 9.96. The van der Waals surface area contributed by atoms with Gasteiger partial charge in [0.15, 0.2) is 5.60 Å². The smallest absolute Gasteiger partial charge is 0.394 e. The van der Waals surface area contributed by atoms with Crippen LogP contribution in [0.5, 0.6) is 0 Å². The Morgan fingerprint density at radius 3 is 2.03 bits per heavy atom. The fourth-order valence-corrected chi connectivity index (χ4v) is 5.26. The van der Waals surface area contributed by atoms with Crippen molar-refractivity contribution in [3.05, 3.63) is 53.9 Å². The van der Waals surface area contributed by atoms with Gasteiger partial charge in [0.2, 0.25) is 10.0 Å². The number of piperazine rings is 1. The molecule has 2 heterocycles. The Morgan fingerprint density at radius 1 is 1.03 bits per heavy atom. The highest BCUT2D eigenvalue weighted by Crippen LogP contribution is 2.39. The summed E-state index contributed by atoms with van der Waals surface area (Å²) in [6, 6.07) is 4.19. The molecule has 2 aromatic rings. The van der Waals surface area contributed by atoms with Crippen LogP contribution in [0.2, 0.25) is 0 Å². The van der Waals surface area contributed by atoms with Crippen molar-refractivity contribution in [2.75, 3.05) is 24.5 Å². The number of hydrogen-bond donors (Lipinski definition) is 2. The van der Waals surface area contributed by atoms with Crippen LogP contribution in [0.4, 0.5) is 32.0 Å². The molecule has 1 aromatic carbocycles. The number of sulfonamides is 1. The van der Waals surface area contributed by atoms with Crippen molar-refractivity contribution in [3.8, 4) is 0 Å². The molecule has 2 N–H and O–H groups in total. The van der Waals surface area contributed by atoms with Gasteiger partial charge in [-0.15, -0.1) is 0 Å². The summed E-state index contributed by atoms with van der Waals surface area (Å²) in [6.45, 7) is 5.34. The van der Waals surface area contributed by atoms with Crippen LogP contribution in [0.3, 0.4) is 0 Å². The first-order valence-corrected chi connectivity index (χ1v) is 12.6. The van der Waals surface area contributed by atoms with Crippen molar-refractivity contribution in [1.29, 1.82) is 0 Å². The summed E-state index contributed by atoms with van der Waals surface area (Å²) >= 11 is 0. The van der Waals surface area contributed by atoms with E-state index in [-0.39, 0.29) is 36.3 Å². The van der Waals surface area contributed by atoms with Gasteiger partial charge in [0.05, 0.1) is 16.1 Å². The molecule has 0 bridgehead atoms. The van der Waals surface area contributed by atoms with E-state index in [4.69, 9.17) is 5.11 Å². The van der Waals surface area contributed by atoms with Gasteiger partial charge in [0, 0.05) is 44.2 Å². The number of pyridine rings is 1. The lowest BCUT2D eigenvalue weighted by molar-refractivity contribution is -0.258. The summed E-state index contributed by atoms with van der Waals surface area (Å²) in [4.78, 5) is 4.65. The Bertz CT molecular complexity index is 1150. The van der Waals surface area contributed by atoms with Gasteiger partial charge in [0.25, 0.3) is 0 Å². The fourth-order valence-electron chi connectivity index (χ4n) is 3.65. The number of hydrogen-bond acceptors (Lipinski definition) is 6. The molecule has 0 spiro atoms. The summed E-state index contributed by atoms with van der Waals surface area (Å²) < 4.78 is 106. The second-order valence-electron chi connectivity index (χ2n) is 8.99. The van der Waals surface area contributed by atoms with Crippen molar-refractivity contribution < 1.29 is 45.0 Å². The monoisotopic (exact) mass is 557 g/mol. The fraction of sp³-hybridized carbons (Fsp3) is 0.522. The van der Waals surface area contributed by atoms with E-state index in [1.165, 1.54) is 24.1 Å². The lowest BCUT2D eigenvalue weighted by Gasteiger charge is -2.40. The van der Waals surface area contributed by atoms with Crippen LogP contribution in [-0.4, -0.2) is 65.9 Å². The first-order chi connectivity index (χ1) is 16.8. The van der Waals surface area contributed by atoms with Gasteiger partial charge in [-0.2, -0.15) is 30.6 Å². The zero-order chi connectivity index (χ0) is 28.4. The zero-order valence-corrected chi connectivity index (χ0v) is 21.4. The Labute approximate surface area is 211 Å². The number of halogens is 6. The average Bonchev–Trinajstić information content (AvgIpc) is 2.77. The first-order valence-electron chi connectivity index (χ1n) is 11.2. The second kappa shape index (κ2) is 11.1. The lowest BCUT2D eigenvalue weighted by Crippen LogP contribution is -2.54. The molecule has 1 aliphatic heterocycles. The van der Waals surface area contributed by atoms with Crippen molar-refractivity contribution in [1.82, 2.24) is 9.29 Å². The number of aromatic nitrogens is 1. The molecule has 0 saturated carbocycles. The van der Waals surface area contributed by atoms with Crippen LogP contribution < -0.4 is 4.90 Å². The topological polar surface area (TPSA) is 94.0 Å². The van der Waals surface area contributed by atoms with Gasteiger partial charge in [-0.25, -0.2) is 8.42 Å². The summed E-state index contributed by atoms with van der Waals surface area (Å²) in [6.07, 6.45) is -7.83. The van der Waals surface area contributed by atoms with Crippen LogP contribution in [0, 0.1) is 0 Å². The molecule has 1 fully saturated rings. The summed E-state index contributed by atoms with van der Waals surface area (Å²) in [5.41, 5.74) is -4.72. The molecule has 1 unspecified atom stereocenters. The Balaban J connectivity index is 0.00000112. The maximum absolute atomic E-state index is 13.3. The van der Waals surface area contributed by atoms with Gasteiger partial charge in [-0.05, 0) is 51.5 Å². The number of alkyl halides is 6. The summed E-state index contributed by atoms with van der Waals surface area (Å²) in [7, 11) is -4.14. The van der Waals surface area contributed by atoms with E-state index in [0.29, 0.717) is 13.1 Å². The first kappa shape index (κ1) is 30.8.